The Morgan fingerprint density at radius 2 is 1.15 bits per heavy atom. The highest BCUT2D eigenvalue weighted by atomic mass is 19.4. The summed E-state index contributed by atoms with van der Waals surface area (Å²) in [4.78, 5) is 28.4. The van der Waals surface area contributed by atoms with E-state index in [1.807, 2.05) is 12.1 Å². The van der Waals surface area contributed by atoms with Gasteiger partial charge in [-0.2, -0.15) is 26.3 Å². The molecule has 11 heteroatoms. The summed E-state index contributed by atoms with van der Waals surface area (Å²) in [6.07, 6.45) is -5.96. The molecule has 39 heavy (non-hydrogen) atoms. The van der Waals surface area contributed by atoms with Crippen LogP contribution in [0.2, 0.25) is 0 Å². The summed E-state index contributed by atoms with van der Waals surface area (Å²) in [6.45, 7) is 1.80. The van der Waals surface area contributed by atoms with E-state index in [2.05, 4.69) is 15.5 Å². The molecular weight excluding hydrogens is 524 g/mol. The molecule has 0 spiro atoms. The SMILES string of the molecule is O=C(Nc1cccc(C(F)(F)F)c1)C(=Cc1ccc(N2CCCC2)cc1)C(=O)Nc1cccc(C(F)(F)F)c1. The van der Waals surface area contributed by atoms with Gasteiger partial charge in [-0.1, -0.05) is 24.3 Å². The summed E-state index contributed by atoms with van der Waals surface area (Å²) in [5.74, 6) is -2.08. The molecule has 2 N–H and O–H groups in total. The minimum absolute atomic E-state index is 0.211. The second kappa shape index (κ2) is 11.2. The first-order valence-corrected chi connectivity index (χ1v) is 11.9. The molecule has 0 radical (unpaired) electrons. The molecule has 204 valence electrons. The Morgan fingerprint density at radius 3 is 1.59 bits per heavy atom. The van der Waals surface area contributed by atoms with E-state index >= 15 is 0 Å². The third-order valence-corrected chi connectivity index (χ3v) is 6.06. The molecule has 0 bridgehead atoms. The molecule has 4 rings (SSSR count). The largest absolute Gasteiger partial charge is 0.416 e. The molecule has 1 saturated heterocycles. The second-order valence-corrected chi connectivity index (χ2v) is 8.91. The Balaban J connectivity index is 1.63. The van der Waals surface area contributed by atoms with E-state index in [0.717, 1.165) is 55.9 Å². The van der Waals surface area contributed by atoms with Gasteiger partial charge in [0.2, 0.25) is 0 Å². The Morgan fingerprint density at radius 1 is 0.692 bits per heavy atom. The van der Waals surface area contributed by atoms with Crippen LogP contribution in [-0.4, -0.2) is 24.9 Å². The van der Waals surface area contributed by atoms with Crippen molar-refractivity contribution in [2.24, 2.45) is 0 Å². The van der Waals surface area contributed by atoms with Crippen molar-refractivity contribution in [3.05, 3.63) is 95.1 Å². The van der Waals surface area contributed by atoms with Crippen LogP contribution in [0, 0.1) is 0 Å². The molecule has 3 aromatic rings. The van der Waals surface area contributed by atoms with Gasteiger partial charge >= 0.3 is 12.4 Å². The Kier molecular flexibility index (Phi) is 7.98. The van der Waals surface area contributed by atoms with Crippen LogP contribution in [0.5, 0.6) is 0 Å². The first-order chi connectivity index (χ1) is 18.4. The molecule has 1 heterocycles. The van der Waals surface area contributed by atoms with Crippen LogP contribution in [0.3, 0.4) is 0 Å². The molecule has 2 amide bonds. The van der Waals surface area contributed by atoms with Crippen molar-refractivity contribution in [2.75, 3.05) is 28.6 Å². The number of carbonyl (C=O) groups is 2. The molecule has 1 aliphatic rings. The van der Waals surface area contributed by atoms with Crippen molar-refractivity contribution >= 4 is 35.0 Å². The predicted octanol–water partition coefficient (Wildman–Crippen LogP) is 6.99. The number of benzene rings is 3. The first kappa shape index (κ1) is 27.7. The summed E-state index contributed by atoms with van der Waals surface area (Å²) < 4.78 is 78.7. The second-order valence-electron chi connectivity index (χ2n) is 8.91. The van der Waals surface area contributed by atoms with Gasteiger partial charge in [0.15, 0.2) is 0 Å². The van der Waals surface area contributed by atoms with E-state index in [1.165, 1.54) is 18.2 Å². The van der Waals surface area contributed by atoms with Crippen molar-refractivity contribution in [3.8, 4) is 0 Å². The van der Waals surface area contributed by atoms with Crippen molar-refractivity contribution in [1.82, 2.24) is 0 Å². The fourth-order valence-electron chi connectivity index (χ4n) is 4.10. The molecule has 5 nitrogen and oxygen atoms in total. The summed E-state index contributed by atoms with van der Waals surface area (Å²) in [5.41, 5.74) is -1.56. The molecule has 0 unspecified atom stereocenters. The van der Waals surface area contributed by atoms with Gasteiger partial charge in [-0.05, 0) is 73.0 Å². The minimum atomic E-state index is -4.66. The van der Waals surface area contributed by atoms with E-state index in [9.17, 15) is 35.9 Å². The molecule has 0 aromatic heterocycles. The van der Waals surface area contributed by atoms with E-state index < -0.39 is 40.9 Å². The number of nitrogens with zero attached hydrogens (tertiary/aromatic N) is 1. The molecule has 0 saturated carbocycles. The van der Waals surface area contributed by atoms with E-state index in [1.54, 1.807) is 12.1 Å². The van der Waals surface area contributed by atoms with E-state index in [-0.39, 0.29) is 11.4 Å². The number of hydrogen-bond donors (Lipinski definition) is 2. The number of hydrogen-bond acceptors (Lipinski definition) is 3. The van der Waals surface area contributed by atoms with Gasteiger partial charge < -0.3 is 15.5 Å². The number of halogens is 6. The lowest BCUT2D eigenvalue weighted by atomic mass is 10.1. The van der Waals surface area contributed by atoms with Gasteiger partial charge in [0.1, 0.15) is 5.57 Å². The Bertz CT molecular complexity index is 1300. The highest BCUT2D eigenvalue weighted by Crippen LogP contribution is 2.32. The normalized spacial score (nSPS) is 13.6. The van der Waals surface area contributed by atoms with Gasteiger partial charge in [-0.3, -0.25) is 9.59 Å². The third kappa shape index (κ3) is 7.18. The van der Waals surface area contributed by atoms with Gasteiger partial charge in [-0.15, -0.1) is 0 Å². The lowest BCUT2D eigenvalue weighted by molar-refractivity contribution is -0.138. The summed E-state index contributed by atoms with van der Waals surface area (Å²) >= 11 is 0. The first-order valence-electron chi connectivity index (χ1n) is 11.9. The Labute approximate surface area is 220 Å². The maximum absolute atomic E-state index is 13.1. The highest BCUT2D eigenvalue weighted by Gasteiger charge is 2.32. The average Bonchev–Trinajstić information content (AvgIpc) is 3.42. The zero-order valence-corrected chi connectivity index (χ0v) is 20.4. The maximum atomic E-state index is 13.1. The average molecular weight is 547 g/mol. The monoisotopic (exact) mass is 547 g/mol. The third-order valence-electron chi connectivity index (χ3n) is 6.06. The van der Waals surface area contributed by atoms with Crippen molar-refractivity contribution < 1.29 is 35.9 Å². The van der Waals surface area contributed by atoms with Crippen molar-refractivity contribution in [2.45, 2.75) is 25.2 Å². The van der Waals surface area contributed by atoms with Gasteiger partial charge in [0, 0.05) is 30.2 Å². The summed E-state index contributed by atoms with van der Waals surface area (Å²) in [6, 6.07) is 14.7. The van der Waals surface area contributed by atoms with Crippen LogP contribution in [-0.2, 0) is 21.9 Å². The van der Waals surface area contributed by atoms with Gasteiger partial charge in [0.25, 0.3) is 11.8 Å². The van der Waals surface area contributed by atoms with Crippen LogP contribution in [0.15, 0.2) is 78.4 Å². The van der Waals surface area contributed by atoms with Gasteiger partial charge in [-0.25, -0.2) is 0 Å². The van der Waals surface area contributed by atoms with Crippen LogP contribution >= 0.6 is 0 Å². The fourth-order valence-corrected chi connectivity index (χ4v) is 4.10. The number of nitrogens with one attached hydrogen (secondary N) is 2. The Hall–Kier alpha value is -4.28. The smallest absolute Gasteiger partial charge is 0.372 e. The zero-order valence-electron chi connectivity index (χ0n) is 20.4. The molecule has 1 fully saturated rings. The van der Waals surface area contributed by atoms with E-state index in [0.29, 0.717) is 17.7 Å². The molecule has 0 atom stereocenters. The van der Waals surface area contributed by atoms with Crippen LogP contribution < -0.4 is 15.5 Å². The highest BCUT2D eigenvalue weighted by molar-refractivity contribution is 6.28. The number of carbonyl (C=O) groups excluding carboxylic acids is 2. The van der Waals surface area contributed by atoms with Crippen molar-refractivity contribution in [3.63, 3.8) is 0 Å². The standard InChI is InChI=1S/C28H23F6N3O2/c29-27(30,31)19-5-3-7-21(16-19)35-25(38)24(15-18-9-11-23(12-10-18)37-13-1-2-14-37)26(39)36-22-8-4-6-20(17-22)28(32,33)34/h3-12,15-17H,1-2,13-14H2,(H,35,38)(H,36,39). The lowest BCUT2D eigenvalue weighted by Crippen LogP contribution is -2.25. The molecule has 1 aliphatic heterocycles. The lowest BCUT2D eigenvalue weighted by Gasteiger charge is -2.17. The van der Waals surface area contributed by atoms with Crippen LogP contribution in [0.25, 0.3) is 6.08 Å². The summed E-state index contributed by atoms with van der Waals surface area (Å²) in [5, 5.41) is 4.55. The van der Waals surface area contributed by atoms with Crippen LogP contribution in [0.4, 0.5) is 43.4 Å². The predicted molar refractivity (Wildman–Crippen MR) is 136 cm³/mol. The molecular formula is C28H23F6N3O2. The maximum Gasteiger partial charge on any atom is 0.416 e. The van der Waals surface area contributed by atoms with Crippen molar-refractivity contribution in [1.29, 1.82) is 0 Å². The van der Waals surface area contributed by atoms with Crippen LogP contribution in [0.1, 0.15) is 29.5 Å². The zero-order chi connectivity index (χ0) is 28.2. The van der Waals surface area contributed by atoms with Gasteiger partial charge in [0.05, 0.1) is 11.1 Å². The fraction of sp³-hybridized carbons (Fsp3) is 0.214. The quantitative estimate of drug-likeness (QED) is 0.151. The number of amides is 2. The summed E-state index contributed by atoms with van der Waals surface area (Å²) in [7, 11) is 0. The molecule has 0 aliphatic carbocycles. The van der Waals surface area contributed by atoms with E-state index in [4.69, 9.17) is 0 Å². The minimum Gasteiger partial charge on any atom is -0.372 e. The number of anilines is 3. The topological polar surface area (TPSA) is 61.4 Å². The molecule has 3 aromatic carbocycles. The number of alkyl halides is 6. The number of rotatable bonds is 6.